The number of hydrogen-bond donors (Lipinski definition) is 30. The van der Waals surface area contributed by atoms with E-state index in [1.54, 1.807) is 0 Å². The maximum atomic E-state index is 13.5. The summed E-state index contributed by atoms with van der Waals surface area (Å²) >= 11 is 0. The molecule has 0 spiro atoms. The average molecular weight is 1740 g/mol. The highest BCUT2D eigenvalue weighted by atomic mass is 16.8. The van der Waals surface area contributed by atoms with Crippen molar-refractivity contribution < 1.29 is 237 Å². The van der Waals surface area contributed by atoms with E-state index in [1.165, 1.54) is 0 Å². The number of ether oxygens (including phenoxy) is 18. The maximum absolute atomic E-state index is 13.5. The zero-order chi connectivity index (χ0) is 87.6. The van der Waals surface area contributed by atoms with Crippen molar-refractivity contribution in [3.8, 4) is 0 Å². The number of carbonyl (C=O) groups excluding carboxylic acids is 5. The van der Waals surface area contributed by atoms with Crippen LogP contribution in [0.1, 0.15) is 27.7 Å². The highest BCUT2D eigenvalue weighted by Gasteiger charge is 2.61. The molecule has 0 aromatic carbocycles. The summed E-state index contributed by atoms with van der Waals surface area (Å²) in [6.07, 6.45) is -85.6. The molecule has 9 fully saturated rings. The van der Waals surface area contributed by atoms with Gasteiger partial charge in [-0.3, -0.25) is 24.0 Å². The van der Waals surface area contributed by atoms with Crippen LogP contribution >= 0.6 is 0 Å². The standard InChI is InChI=1S/C66H111N5O48/c1-17(82)68-31-43(94)35(86)22(6-73)105-59(31)117-55-40(91)28(12-79)110-65(49(55)100)115-52-32(69-18(2)83)58(104-24(8-75)37(52)88)103-15-30-42(93)57(119-61-33(70-19(3)84)53(38(89)25(9-76)107-61)114-63-46(97)44(95)36(87)23(7-74)108-63)50(101)66(112-30)116-54-34(71-20(4)85)60(106-26(10-77)39(54)90)118-56-41(92)27(11-78)109-64(48(56)99)113-51-29(13-80)111-62(47(98)45(51)96)102-14-21(5-72)67-16-81/h16,21-66,72-80,86-101H,5-15H2,1-4H3,(H,67,81)(H,68,82)(H,69,83)(H,70,84)(H,71,85)/t21-,22-,23-,24-,25-,26-,27-,28-,29-,30-,31-,32-,33-,34-,35+,36+,37-,38-,39-,40+,41+,42+,43-,44+,45-,46-,47-,48-,49-,50-,51-,52-,53-,54-,55+,56+,57+,58-,59-,60+,61+,62-,63+,64+,65+,66+/m1/s1. The topological polar surface area (TPSA) is 817 Å². The molecule has 30 N–H and O–H groups in total. The Bertz CT molecular complexity index is 3160. The molecule has 9 aliphatic heterocycles. The number of nitrogens with one attached hydrogen (secondary N) is 5. The Hall–Kier alpha value is -4.37. The molecule has 688 valence electrons. The van der Waals surface area contributed by atoms with E-state index in [4.69, 9.17) is 85.3 Å². The Morgan fingerprint density at radius 2 is 0.546 bits per heavy atom. The van der Waals surface area contributed by atoms with Gasteiger partial charge in [0.25, 0.3) is 0 Å². The van der Waals surface area contributed by atoms with Gasteiger partial charge in [0.05, 0.1) is 78.7 Å². The fourth-order valence-electron chi connectivity index (χ4n) is 15.1. The first-order valence-electron chi connectivity index (χ1n) is 37.8. The minimum Gasteiger partial charge on any atom is -0.394 e. The third-order valence-electron chi connectivity index (χ3n) is 21.3. The Kier molecular flexibility index (Phi) is 36.5. The lowest BCUT2D eigenvalue weighted by molar-refractivity contribution is -0.388. The van der Waals surface area contributed by atoms with Gasteiger partial charge in [-0.05, 0) is 0 Å². The summed E-state index contributed by atoms with van der Waals surface area (Å²) in [6.45, 7) is -7.40. The molecular formula is C66H111N5O48. The molecule has 9 aliphatic rings. The van der Waals surface area contributed by atoms with Gasteiger partial charge in [0.2, 0.25) is 30.0 Å². The van der Waals surface area contributed by atoms with E-state index in [9.17, 15) is 152 Å². The minimum atomic E-state index is -2.59. The summed E-state index contributed by atoms with van der Waals surface area (Å²) in [5.41, 5.74) is 0. The molecule has 0 aliphatic carbocycles. The first-order chi connectivity index (χ1) is 56.5. The van der Waals surface area contributed by atoms with Crippen molar-refractivity contribution in [3.05, 3.63) is 0 Å². The molecule has 0 saturated carbocycles. The molecule has 0 radical (unpaired) electrons. The van der Waals surface area contributed by atoms with Crippen molar-refractivity contribution in [2.75, 3.05) is 72.7 Å². The summed E-state index contributed by atoms with van der Waals surface area (Å²) < 4.78 is 107. The van der Waals surface area contributed by atoms with Crippen molar-refractivity contribution in [2.24, 2.45) is 0 Å². The lowest BCUT2D eigenvalue weighted by atomic mass is 9.93. The van der Waals surface area contributed by atoms with Crippen molar-refractivity contribution >= 4 is 30.0 Å². The van der Waals surface area contributed by atoms with Gasteiger partial charge < -0.3 is 240 Å². The third-order valence-corrected chi connectivity index (χ3v) is 21.3. The number of rotatable bonds is 35. The summed E-state index contributed by atoms with van der Waals surface area (Å²) in [5.74, 6) is -3.84. The smallest absolute Gasteiger partial charge is 0.217 e. The first-order valence-corrected chi connectivity index (χ1v) is 37.8. The summed E-state index contributed by atoms with van der Waals surface area (Å²) in [6, 6.07) is -8.77. The van der Waals surface area contributed by atoms with E-state index in [0.29, 0.717) is 0 Å². The minimum absolute atomic E-state index is 0.238. The van der Waals surface area contributed by atoms with Crippen LogP contribution in [0.2, 0.25) is 0 Å². The Labute approximate surface area is 674 Å². The van der Waals surface area contributed by atoms with Crippen LogP contribution in [0.25, 0.3) is 0 Å². The van der Waals surface area contributed by atoms with Crippen LogP contribution in [0, 0.1) is 0 Å². The zero-order valence-electron chi connectivity index (χ0n) is 64.0. The van der Waals surface area contributed by atoms with Crippen LogP contribution in [-0.2, 0) is 109 Å². The molecule has 46 atom stereocenters. The van der Waals surface area contributed by atoms with Gasteiger partial charge in [-0.1, -0.05) is 0 Å². The van der Waals surface area contributed by atoms with Crippen molar-refractivity contribution in [2.45, 2.75) is 310 Å². The number of aliphatic hydroxyl groups excluding tert-OH is 25. The quantitative estimate of drug-likeness (QED) is 0.0262. The van der Waals surface area contributed by atoms with Crippen LogP contribution in [0.3, 0.4) is 0 Å². The van der Waals surface area contributed by atoms with E-state index in [0.717, 1.165) is 27.7 Å². The van der Waals surface area contributed by atoms with Crippen LogP contribution in [-0.4, -0.2) is 513 Å². The monoisotopic (exact) mass is 1740 g/mol. The summed E-state index contributed by atoms with van der Waals surface area (Å²) in [7, 11) is 0. The van der Waals surface area contributed by atoms with Gasteiger partial charge in [0.15, 0.2) is 56.6 Å². The Balaban J connectivity index is 1.05. The van der Waals surface area contributed by atoms with Crippen molar-refractivity contribution in [1.29, 1.82) is 0 Å². The lowest BCUT2D eigenvalue weighted by Gasteiger charge is -2.51. The predicted molar refractivity (Wildman–Crippen MR) is 367 cm³/mol. The second-order valence-electron chi connectivity index (χ2n) is 29.6. The Morgan fingerprint density at radius 3 is 0.908 bits per heavy atom. The van der Waals surface area contributed by atoms with E-state index in [1.807, 2.05) is 0 Å². The van der Waals surface area contributed by atoms with Gasteiger partial charge in [-0.25, -0.2) is 0 Å². The molecule has 0 aromatic heterocycles. The second kappa shape index (κ2) is 44.2. The largest absolute Gasteiger partial charge is 0.394 e. The zero-order valence-corrected chi connectivity index (χ0v) is 64.0. The molecule has 119 heavy (non-hydrogen) atoms. The van der Waals surface area contributed by atoms with Crippen LogP contribution in [0.15, 0.2) is 0 Å². The van der Waals surface area contributed by atoms with Gasteiger partial charge >= 0.3 is 0 Å². The van der Waals surface area contributed by atoms with Crippen molar-refractivity contribution in [1.82, 2.24) is 26.6 Å². The number of aliphatic hydroxyl groups is 25. The second-order valence-corrected chi connectivity index (χ2v) is 29.6. The summed E-state index contributed by atoms with van der Waals surface area (Å²) in [5, 5.41) is 290. The van der Waals surface area contributed by atoms with Gasteiger partial charge in [-0.2, -0.15) is 0 Å². The molecule has 53 heteroatoms. The fraction of sp³-hybridized carbons (Fsp3) is 0.924. The molecule has 9 rings (SSSR count). The van der Waals surface area contributed by atoms with Crippen LogP contribution in [0.5, 0.6) is 0 Å². The van der Waals surface area contributed by atoms with Gasteiger partial charge in [-0.15, -0.1) is 0 Å². The van der Waals surface area contributed by atoms with Crippen molar-refractivity contribution in [3.63, 3.8) is 0 Å². The van der Waals surface area contributed by atoms with E-state index in [-0.39, 0.29) is 6.41 Å². The van der Waals surface area contributed by atoms with Crippen LogP contribution in [0.4, 0.5) is 0 Å². The van der Waals surface area contributed by atoms with E-state index in [2.05, 4.69) is 26.6 Å². The van der Waals surface area contributed by atoms with Crippen LogP contribution < -0.4 is 26.6 Å². The third kappa shape index (κ3) is 22.5. The normalized spacial score (nSPS) is 46.9. The molecule has 9 heterocycles. The maximum Gasteiger partial charge on any atom is 0.217 e. The predicted octanol–water partition coefficient (Wildman–Crippen LogP) is -20.9. The van der Waals surface area contributed by atoms with Gasteiger partial charge in [0, 0.05) is 27.7 Å². The highest BCUT2D eigenvalue weighted by molar-refractivity contribution is 5.74. The molecule has 0 unspecified atom stereocenters. The molecule has 0 bridgehead atoms. The first kappa shape index (κ1) is 98.4. The number of amides is 5. The van der Waals surface area contributed by atoms with E-state index < -0.39 is 378 Å². The SMILES string of the molecule is CC(=O)N[C@H]1[C@@H](O[C@H]2[C@@H](O)[C@@H](CO)O[C@@H](O[C@H]3[C@H](O)[C@@H](CO)O[C@@H](OC[C@H]4O[C@@H](O[C@H]5[C@H](O)[C@@H](CO)O[C@@H](O[C@H]6[C@@H](O)[C@@H](CO)O[C@@H](O[C@H]7[C@H](O)[C@@H](O)[C@H](OC[C@@H](CO)NC=O)O[C@@H]7CO)[C@@H]6O)[C@@H]5NC(C)=O)[C@H](O)[C@@H](O[C@@H]5O[C@H](CO)[C@@H](O)[C@H](O[C@@H]6O[C@H](CO)[C@H](O)[C@H](O)[C@H]6O)[C@H]5NC(C)=O)[C@H]4O)[C@@H]3NC(C)=O)[C@@H]2O)O[C@H](CO)[C@H](O)[C@@H]1O. The fourth-order valence-corrected chi connectivity index (χ4v) is 15.1. The highest BCUT2D eigenvalue weighted by Crippen LogP contribution is 2.40. The van der Waals surface area contributed by atoms with Gasteiger partial charge in [0.1, 0.15) is 219 Å². The number of hydrogen-bond acceptors (Lipinski definition) is 48. The molecule has 0 aromatic rings. The lowest BCUT2D eigenvalue weighted by Crippen LogP contribution is -2.71. The molecule has 9 saturated heterocycles. The Morgan fingerprint density at radius 1 is 0.277 bits per heavy atom. The molecular weight excluding hydrogens is 1630 g/mol. The summed E-state index contributed by atoms with van der Waals surface area (Å²) in [4.78, 5) is 63.4. The molecule has 53 nitrogen and oxygen atoms in total. The van der Waals surface area contributed by atoms with E-state index >= 15 is 0 Å². The number of carbonyl (C=O) groups is 5. The molecule has 5 amide bonds. The average Bonchev–Trinajstić information content (AvgIpc) is 0.771.